The lowest BCUT2D eigenvalue weighted by Gasteiger charge is -2.29. The molecule has 0 spiro atoms. The lowest BCUT2D eigenvalue weighted by Crippen LogP contribution is -2.53. The first-order chi connectivity index (χ1) is 7.49. The minimum Gasteiger partial charge on any atom is -0.351 e. The largest absolute Gasteiger partial charge is 0.351 e. The van der Waals surface area contributed by atoms with E-state index < -0.39 is 0 Å². The second kappa shape index (κ2) is 6.21. The van der Waals surface area contributed by atoms with Crippen molar-refractivity contribution in [2.24, 2.45) is 0 Å². The van der Waals surface area contributed by atoms with Crippen molar-refractivity contribution in [1.29, 1.82) is 0 Å². The Bertz CT molecular complexity index is 230. The molecule has 1 amide bonds. The van der Waals surface area contributed by atoms with E-state index >= 15 is 0 Å². The lowest BCUT2D eigenvalue weighted by atomic mass is 9.99. The van der Waals surface area contributed by atoms with Crippen molar-refractivity contribution in [3.63, 3.8) is 0 Å². The van der Waals surface area contributed by atoms with Gasteiger partial charge in [-0.25, -0.2) is 0 Å². The summed E-state index contributed by atoms with van der Waals surface area (Å²) in [6.07, 6.45) is 3.29. The van der Waals surface area contributed by atoms with Crippen LogP contribution in [0, 0.1) is 0 Å². The first-order valence-electron chi connectivity index (χ1n) is 6.20. The topological polar surface area (TPSA) is 44.4 Å². The fourth-order valence-corrected chi connectivity index (χ4v) is 2.28. The Kier molecular flexibility index (Phi) is 5.22. The molecule has 4 heteroatoms. The van der Waals surface area contributed by atoms with Crippen LogP contribution in [0.5, 0.6) is 0 Å². The van der Waals surface area contributed by atoms with Gasteiger partial charge in [0, 0.05) is 18.6 Å². The first kappa shape index (κ1) is 13.5. The molecule has 1 aliphatic heterocycles. The molecule has 2 N–H and O–H groups in total. The normalized spacial score (nSPS) is 27.8. The third-order valence-corrected chi connectivity index (χ3v) is 2.96. The van der Waals surface area contributed by atoms with E-state index in [1.165, 1.54) is 6.42 Å². The van der Waals surface area contributed by atoms with E-state index in [4.69, 9.17) is 0 Å². The van der Waals surface area contributed by atoms with Gasteiger partial charge >= 0.3 is 0 Å². The molecule has 1 fully saturated rings. The van der Waals surface area contributed by atoms with E-state index in [0.717, 1.165) is 19.4 Å². The number of piperidine rings is 1. The van der Waals surface area contributed by atoms with Crippen LogP contribution in [0.15, 0.2) is 0 Å². The van der Waals surface area contributed by atoms with Gasteiger partial charge in [-0.1, -0.05) is 0 Å². The summed E-state index contributed by atoms with van der Waals surface area (Å²) >= 11 is 0. The highest BCUT2D eigenvalue weighted by atomic mass is 16.2. The summed E-state index contributed by atoms with van der Waals surface area (Å²) < 4.78 is 0. The molecule has 3 unspecified atom stereocenters. The van der Waals surface area contributed by atoms with E-state index in [0.29, 0.717) is 6.04 Å². The van der Waals surface area contributed by atoms with Crippen LogP contribution in [0.4, 0.5) is 0 Å². The molecule has 0 aromatic rings. The zero-order chi connectivity index (χ0) is 12.1. The zero-order valence-corrected chi connectivity index (χ0v) is 10.9. The van der Waals surface area contributed by atoms with Crippen LogP contribution in [0.25, 0.3) is 0 Å². The highest BCUT2D eigenvalue weighted by Crippen LogP contribution is 2.12. The van der Waals surface area contributed by atoms with Gasteiger partial charge in [0.25, 0.3) is 0 Å². The first-order valence-corrected chi connectivity index (χ1v) is 6.20. The predicted octanol–water partition coefficient (Wildman–Crippen LogP) is 0.583. The number of nitrogens with one attached hydrogen (secondary N) is 2. The van der Waals surface area contributed by atoms with E-state index in [1.54, 1.807) is 0 Å². The molecule has 1 aliphatic rings. The quantitative estimate of drug-likeness (QED) is 0.738. The third kappa shape index (κ3) is 4.49. The molecule has 1 rings (SSSR count). The van der Waals surface area contributed by atoms with Crippen LogP contribution in [0.3, 0.4) is 0 Å². The Balaban J connectivity index is 2.33. The molecule has 3 atom stereocenters. The number of likely N-dealkylation sites (N-methyl/N-ethyl adjacent to an activating group) is 1. The Morgan fingerprint density at radius 2 is 2.19 bits per heavy atom. The highest BCUT2D eigenvalue weighted by Gasteiger charge is 2.24. The SMILES string of the molecule is CC(CN(C)C)NC(=O)C1CCCC(C)N1. The molecule has 1 saturated heterocycles. The molecular formula is C12H25N3O. The van der Waals surface area contributed by atoms with Crippen LogP contribution in [-0.2, 0) is 4.79 Å². The molecule has 94 valence electrons. The molecule has 0 radical (unpaired) electrons. The number of rotatable bonds is 4. The Labute approximate surface area is 98.8 Å². The maximum Gasteiger partial charge on any atom is 0.237 e. The van der Waals surface area contributed by atoms with Gasteiger partial charge in [0.2, 0.25) is 5.91 Å². The second-order valence-electron chi connectivity index (χ2n) is 5.22. The molecule has 16 heavy (non-hydrogen) atoms. The summed E-state index contributed by atoms with van der Waals surface area (Å²) in [6, 6.07) is 0.684. The Hall–Kier alpha value is -0.610. The molecule has 1 heterocycles. The van der Waals surface area contributed by atoms with Gasteiger partial charge in [0.15, 0.2) is 0 Å². The molecule has 0 bridgehead atoms. The summed E-state index contributed by atoms with van der Waals surface area (Å²) in [4.78, 5) is 14.0. The summed E-state index contributed by atoms with van der Waals surface area (Å²) in [5.74, 6) is 0.154. The highest BCUT2D eigenvalue weighted by molar-refractivity contribution is 5.82. The van der Waals surface area contributed by atoms with Crippen molar-refractivity contribution in [1.82, 2.24) is 15.5 Å². The molecule has 0 aromatic carbocycles. The van der Waals surface area contributed by atoms with Crippen LogP contribution >= 0.6 is 0 Å². The Morgan fingerprint density at radius 3 is 2.75 bits per heavy atom. The fraction of sp³-hybridized carbons (Fsp3) is 0.917. The van der Waals surface area contributed by atoms with Gasteiger partial charge in [-0.2, -0.15) is 0 Å². The maximum absolute atomic E-state index is 11.9. The van der Waals surface area contributed by atoms with Gasteiger partial charge < -0.3 is 15.5 Å². The average molecular weight is 227 g/mol. The third-order valence-electron chi connectivity index (χ3n) is 2.96. The average Bonchev–Trinajstić information content (AvgIpc) is 2.16. The summed E-state index contributed by atoms with van der Waals surface area (Å²) in [7, 11) is 4.03. The van der Waals surface area contributed by atoms with Crippen molar-refractivity contribution < 1.29 is 4.79 Å². The van der Waals surface area contributed by atoms with Gasteiger partial charge in [0.05, 0.1) is 6.04 Å². The van der Waals surface area contributed by atoms with E-state index in [9.17, 15) is 4.79 Å². The van der Waals surface area contributed by atoms with Gasteiger partial charge in [-0.05, 0) is 47.2 Å². The van der Waals surface area contributed by atoms with Crippen molar-refractivity contribution >= 4 is 5.91 Å². The summed E-state index contributed by atoms with van der Waals surface area (Å²) in [5, 5.41) is 6.41. The molecule has 0 aromatic heterocycles. The zero-order valence-electron chi connectivity index (χ0n) is 10.9. The standard InChI is InChI=1S/C12H25N3O/c1-9-6-5-7-11(13-9)12(16)14-10(2)8-15(3)4/h9-11,13H,5-8H2,1-4H3,(H,14,16). The predicted molar refractivity (Wildman–Crippen MR) is 66.4 cm³/mol. The number of hydrogen-bond acceptors (Lipinski definition) is 3. The number of nitrogens with zero attached hydrogens (tertiary/aromatic N) is 1. The van der Waals surface area contributed by atoms with Crippen molar-refractivity contribution in [3.05, 3.63) is 0 Å². The van der Waals surface area contributed by atoms with E-state index in [-0.39, 0.29) is 18.0 Å². The van der Waals surface area contributed by atoms with Gasteiger partial charge in [-0.15, -0.1) is 0 Å². The maximum atomic E-state index is 11.9. The van der Waals surface area contributed by atoms with E-state index in [2.05, 4.69) is 22.5 Å². The smallest absolute Gasteiger partial charge is 0.237 e. The molecular weight excluding hydrogens is 202 g/mol. The van der Waals surface area contributed by atoms with Crippen LogP contribution in [0.2, 0.25) is 0 Å². The minimum atomic E-state index is 0.00774. The van der Waals surface area contributed by atoms with Crippen molar-refractivity contribution in [3.8, 4) is 0 Å². The van der Waals surface area contributed by atoms with E-state index in [1.807, 2.05) is 21.0 Å². The molecule has 0 saturated carbocycles. The minimum absolute atomic E-state index is 0.00774. The van der Waals surface area contributed by atoms with Crippen molar-refractivity contribution in [2.75, 3.05) is 20.6 Å². The summed E-state index contributed by atoms with van der Waals surface area (Å²) in [5.41, 5.74) is 0. The fourth-order valence-electron chi connectivity index (χ4n) is 2.28. The Morgan fingerprint density at radius 1 is 1.50 bits per heavy atom. The second-order valence-corrected chi connectivity index (χ2v) is 5.22. The van der Waals surface area contributed by atoms with Gasteiger partial charge in [-0.3, -0.25) is 4.79 Å². The monoisotopic (exact) mass is 227 g/mol. The number of carbonyl (C=O) groups excluding carboxylic acids is 1. The number of carbonyl (C=O) groups is 1. The van der Waals surface area contributed by atoms with Crippen molar-refractivity contribution in [2.45, 2.75) is 51.2 Å². The van der Waals surface area contributed by atoms with Gasteiger partial charge in [0.1, 0.15) is 0 Å². The summed E-state index contributed by atoms with van der Waals surface area (Å²) in [6.45, 7) is 5.07. The van der Waals surface area contributed by atoms with Crippen LogP contribution < -0.4 is 10.6 Å². The molecule has 4 nitrogen and oxygen atoms in total. The lowest BCUT2D eigenvalue weighted by molar-refractivity contribution is -0.124. The number of amides is 1. The van der Waals surface area contributed by atoms with Crippen LogP contribution in [-0.4, -0.2) is 49.6 Å². The molecule has 0 aliphatic carbocycles. The number of hydrogen-bond donors (Lipinski definition) is 2. The van der Waals surface area contributed by atoms with Crippen LogP contribution in [0.1, 0.15) is 33.1 Å².